The number of halogens is 2. The predicted octanol–water partition coefficient (Wildman–Crippen LogP) is 1.93. The van der Waals surface area contributed by atoms with Crippen molar-refractivity contribution in [2.75, 3.05) is 12.3 Å². The van der Waals surface area contributed by atoms with E-state index in [0.717, 1.165) is 6.07 Å². The second-order valence-corrected chi connectivity index (χ2v) is 3.87. The molecule has 0 amide bonds. The first-order chi connectivity index (χ1) is 8.81. The minimum Gasteiger partial charge on any atom is -0.485 e. The maximum absolute atomic E-state index is 12.1. The molecule has 0 aromatic heterocycles. The number of alkyl halides is 2. The first-order valence-corrected chi connectivity index (χ1v) is 5.32. The molecule has 0 saturated heterocycles. The minimum atomic E-state index is -2.68. The number of carbonyl (C=O) groups is 1. The van der Waals surface area contributed by atoms with Crippen molar-refractivity contribution in [2.45, 2.75) is 13.3 Å². The molecule has 1 rings (SSSR count). The Kier molecular flexibility index (Phi) is 4.68. The zero-order valence-electron chi connectivity index (χ0n) is 10.2. The summed E-state index contributed by atoms with van der Waals surface area (Å²) >= 11 is 0. The Morgan fingerprint density at radius 2 is 2.16 bits per heavy atom. The molecule has 0 unspecified atom stereocenters. The average Bonchev–Trinajstić information content (AvgIpc) is 2.29. The summed E-state index contributed by atoms with van der Waals surface area (Å²) in [5.41, 5.74) is 11.9. The summed E-state index contributed by atoms with van der Waals surface area (Å²) in [5, 5.41) is 8.94. The van der Waals surface area contributed by atoms with E-state index in [1.54, 1.807) is 6.92 Å². The highest BCUT2D eigenvalue weighted by Gasteiger charge is 2.14. The molecule has 5 nitrogen and oxygen atoms in total. The Morgan fingerprint density at radius 3 is 2.63 bits per heavy atom. The molecule has 0 aliphatic carbocycles. The molecule has 1 aromatic rings. The van der Waals surface area contributed by atoms with Gasteiger partial charge in [0.15, 0.2) is 0 Å². The van der Waals surface area contributed by atoms with Crippen molar-refractivity contribution in [3.63, 3.8) is 0 Å². The van der Waals surface area contributed by atoms with Crippen LogP contribution in [0.1, 0.15) is 22.8 Å². The number of aromatic carboxylic acids is 1. The zero-order valence-corrected chi connectivity index (χ0v) is 10.2. The number of ether oxygens (including phenoxy) is 1. The molecule has 0 bridgehead atoms. The normalized spacial score (nSPS) is 11.7. The molecule has 104 valence electrons. The van der Waals surface area contributed by atoms with Gasteiger partial charge in [0.1, 0.15) is 12.4 Å². The van der Waals surface area contributed by atoms with Gasteiger partial charge in [-0.2, -0.15) is 0 Å². The highest BCUT2D eigenvalue weighted by Crippen LogP contribution is 2.29. The number of carboxylic acids is 1. The van der Waals surface area contributed by atoms with E-state index >= 15 is 0 Å². The summed E-state index contributed by atoms with van der Waals surface area (Å²) in [5.74, 6) is -1.32. The Bertz CT molecular complexity index is 512. The van der Waals surface area contributed by atoms with Crippen LogP contribution < -0.4 is 16.2 Å². The smallest absolute Gasteiger partial charge is 0.335 e. The van der Waals surface area contributed by atoms with Crippen LogP contribution in [0.3, 0.4) is 0 Å². The van der Waals surface area contributed by atoms with Crippen molar-refractivity contribution in [3.8, 4) is 5.75 Å². The molecule has 0 fully saturated rings. The average molecular weight is 272 g/mol. The Hall–Kier alpha value is -2.31. The second-order valence-electron chi connectivity index (χ2n) is 3.87. The SMILES string of the molecule is C/C(N)=C/c1cc(C(=O)O)cc(OCC(F)F)c1N. The van der Waals surface area contributed by atoms with Crippen molar-refractivity contribution in [1.82, 2.24) is 0 Å². The van der Waals surface area contributed by atoms with Gasteiger partial charge in [-0.05, 0) is 25.1 Å². The van der Waals surface area contributed by atoms with E-state index in [4.69, 9.17) is 21.3 Å². The molecule has 1 aromatic carbocycles. The quantitative estimate of drug-likeness (QED) is 0.711. The van der Waals surface area contributed by atoms with Crippen molar-refractivity contribution in [2.24, 2.45) is 5.73 Å². The zero-order chi connectivity index (χ0) is 14.6. The fourth-order valence-corrected chi connectivity index (χ4v) is 1.41. The highest BCUT2D eigenvalue weighted by atomic mass is 19.3. The van der Waals surface area contributed by atoms with Crippen molar-refractivity contribution in [1.29, 1.82) is 0 Å². The molecule has 0 radical (unpaired) electrons. The van der Waals surface area contributed by atoms with Gasteiger partial charge in [-0.15, -0.1) is 0 Å². The molecule has 7 heteroatoms. The van der Waals surface area contributed by atoms with Crippen LogP contribution in [0.4, 0.5) is 14.5 Å². The first-order valence-electron chi connectivity index (χ1n) is 5.32. The van der Waals surface area contributed by atoms with E-state index in [2.05, 4.69) is 0 Å². The maximum atomic E-state index is 12.1. The second kappa shape index (κ2) is 6.03. The number of allylic oxidation sites excluding steroid dienone is 1. The van der Waals surface area contributed by atoms with Crippen molar-refractivity contribution < 1.29 is 23.4 Å². The number of benzene rings is 1. The Balaban J connectivity index is 3.24. The summed E-state index contributed by atoms with van der Waals surface area (Å²) in [7, 11) is 0. The molecule has 5 N–H and O–H groups in total. The van der Waals surface area contributed by atoms with Gasteiger partial charge in [0.05, 0.1) is 11.3 Å². The topological polar surface area (TPSA) is 98.6 Å². The third-order valence-corrected chi connectivity index (χ3v) is 2.17. The number of carboxylic acid groups (broad SMARTS) is 1. The number of nitrogens with two attached hydrogens (primary N) is 2. The number of nitrogen functional groups attached to an aromatic ring is 1. The van der Waals surface area contributed by atoms with Crippen LogP contribution in [0.5, 0.6) is 5.75 Å². The van der Waals surface area contributed by atoms with Gasteiger partial charge in [0, 0.05) is 11.3 Å². The first kappa shape index (κ1) is 14.7. The Morgan fingerprint density at radius 1 is 1.53 bits per heavy atom. The highest BCUT2D eigenvalue weighted by molar-refractivity contribution is 5.91. The van der Waals surface area contributed by atoms with E-state index in [1.807, 2.05) is 0 Å². The summed E-state index contributed by atoms with van der Waals surface area (Å²) in [4.78, 5) is 10.9. The number of anilines is 1. The van der Waals surface area contributed by atoms with Crippen LogP contribution in [0, 0.1) is 0 Å². The maximum Gasteiger partial charge on any atom is 0.335 e. The predicted molar refractivity (Wildman–Crippen MR) is 67.2 cm³/mol. The van der Waals surface area contributed by atoms with Crippen molar-refractivity contribution in [3.05, 3.63) is 29.0 Å². The molecule has 0 aliphatic heterocycles. The molecule has 0 atom stereocenters. The third kappa shape index (κ3) is 4.13. The lowest BCUT2D eigenvalue weighted by Gasteiger charge is -2.12. The standard InChI is InChI=1S/C12H14F2N2O3/c1-6(15)2-7-3-8(12(17)18)4-9(11(7)16)19-5-10(13)14/h2-4,10H,5,15-16H2,1H3,(H,17,18)/b6-2-. The van der Waals surface area contributed by atoms with Gasteiger partial charge in [0.25, 0.3) is 6.43 Å². The number of rotatable bonds is 5. The third-order valence-electron chi connectivity index (χ3n) is 2.17. The lowest BCUT2D eigenvalue weighted by molar-refractivity contribution is 0.0695. The monoisotopic (exact) mass is 272 g/mol. The molecule has 0 spiro atoms. The van der Waals surface area contributed by atoms with E-state index in [0.29, 0.717) is 11.3 Å². The van der Waals surface area contributed by atoms with Gasteiger partial charge < -0.3 is 21.3 Å². The minimum absolute atomic E-state index is 0.0652. The van der Waals surface area contributed by atoms with E-state index < -0.39 is 19.0 Å². The van der Waals surface area contributed by atoms with Crippen LogP contribution in [-0.4, -0.2) is 24.1 Å². The summed E-state index contributed by atoms with van der Waals surface area (Å²) < 4.78 is 29.0. The van der Waals surface area contributed by atoms with Gasteiger partial charge >= 0.3 is 5.97 Å². The van der Waals surface area contributed by atoms with Gasteiger partial charge in [-0.3, -0.25) is 0 Å². The fourth-order valence-electron chi connectivity index (χ4n) is 1.41. The lowest BCUT2D eigenvalue weighted by Crippen LogP contribution is -2.10. The summed E-state index contributed by atoms with van der Waals surface area (Å²) in [6.45, 7) is 0.727. The molecule has 0 heterocycles. The molecule has 0 saturated carbocycles. The lowest BCUT2D eigenvalue weighted by atomic mass is 10.1. The molecular weight excluding hydrogens is 258 g/mol. The number of hydrogen-bond donors (Lipinski definition) is 3. The molecule has 19 heavy (non-hydrogen) atoms. The van der Waals surface area contributed by atoms with Gasteiger partial charge in [-0.25, -0.2) is 13.6 Å². The molecular formula is C12H14F2N2O3. The van der Waals surface area contributed by atoms with Crippen molar-refractivity contribution >= 4 is 17.7 Å². The van der Waals surface area contributed by atoms with Crippen LogP contribution in [0.2, 0.25) is 0 Å². The van der Waals surface area contributed by atoms with Gasteiger partial charge in [-0.1, -0.05) is 0 Å². The van der Waals surface area contributed by atoms with Crippen LogP contribution in [0.25, 0.3) is 6.08 Å². The Labute approximate surface area is 108 Å². The fraction of sp³-hybridized carbons (Fsp3) is 0.250. The van der Waals surface area contributed by atoms with E-state index in [1.165, 1.54) is 12.1 Å². The van der Waals surface area contributed by atoms with Gasteiger partial charge in [0.2, 0.25) is 0 Å². The van der Waals surface area contributed by atoms with E-state index in [9.17, 15) is 13.6 Å². The molecule has 0 aliphatic rings. The van der Waals surface area contributed by atoms with Crippen LogP contribution >= 0.6 is 0 Å². The summed E-state index contributed by atoms with van der Waals surface area (Å²) in [6, 6.07) is 2.40. The van der Waals surface area contributed by atoms with E-state index in [-0.39, 0.29) is 17.0 Å². The van der Waals surface area contributed by atoms with Crippen LogP contribution in [0.15, 0.2) is 17.8 Å². The number of hydrogen-bond acceptors (Lipinski definition) is 4. The summed E-state index contributed by atoms with van der Waals surface area (Å²) in [6.07, 6.45) is -1.24. The largest absolute Gasteiger partial charge is 0.485 e. The van der Waals surface area contributed by atoms with Crippen LogP contribution in [-0.2, 0) is 0 Å².